The van der Waals surface area contributed by atoms with E-state index in [9.17, 15) is 0 Å². The van der Waals surface area contributed by atoms with Gasteiger partial charge in [0.25, 0.3) is 0 Å². The molecular formula is C13H19N5O. The highest BCUT2D eigenvalue weighted by Gasteiger charge is 2.08. The third-order valence-corrected chi connectivity index (χ3v) is 2.75. The highest BCUT2D eigenvalue weighted by atomic mass is 16.5. The number of methoxy groups -OCH3 is 1. The number of tetrazole rings is 1. The molecule has 0 aliphatic heterocycles. The minimum Gasteiger partial charge on any atom is -0.383 e. The molecule has 0 radical (unpaired) electrons. The number of hydrogen-bond acceptors (Lipinski definition) is 5. The second-order valence-corrected chi connectivity index (χ2v) is 4.52. The summed E-state index contributed by atoms with van der Waals surface area (Å²) in [5.74, 6) is 0.793. The van der Waals surface area contributed by atoms with Crippen LogP contribution in [-0.4, -0.2) is 40.5 Å². The molecular weight excluding hydrogens is 242 g/mol. The molecule has 0 aliphatic carbocycles. The van der Waals surface area contributed by atoms with Crippen LogP contribution in [0.1, 0.15) is 17.0 Å². The van der Waals surface area contributed by atoms with Gasteiger partial charge in [-0.1, -0.05) is 6.07 Å². The van der Waals surface area contributed by atoms with Crippen LogP contribution in [-0.2, 0) is 11.3 Å². The molecule has 2 aromatic rings. The van der Waals surface area contributed by atoms with Gasteiger partial charge in [-0.25, -0.2) is 0 Å². The Bertz CT molecular complexity index is 517. The van der Waals surface area contributed by atoms with E-state index in [1.165, 1.54) is 11.1 Å². The summed E-state index contributed by atoms with van der Waals surface area (Å²) in [7, 11) is 1.68. The van der Waals surface area contributed by atoms with Gasteiger partial charge in [0.2, 0.25) is 0 Å². The number of nitrogens with one attached hydrogen (secondary N) is 1. The van der Waals surface area contributed by atoms with E-state index in [0.29, 0.717) is 13.2 Å². The van der Waals surface area contributed by atoms with E-state index >= 15 is 0 Å². The molecule has 2 rings (SSSR count). The fourth-order valence-electron chi connectivity index (χ4n) is 1.96. The molecule has 102 valence electrons. The predicted molar refractivity (Wildman–Crippen MR) is 72.2 cm³/mol. The highest BCUT2D eigenvalue weighted by Crippen LogP contribution is 2.13. The Labute approximate surface area is 112 Å². The van der Waals surface area contributed by atoms with E-state index in [2.05, 4.69) is 52.9 Å². The maximum absolute atomic E-state index is 4.99. The first-order valence-electron chi connectivity index (χ1n) is 6.26. The lowest BCUT2D eigenvalue weighted by molar-refractivity contribution is 0.199. The first-order chi connectivity index (χ1) is 9.20. The lowest BCUT2D eigenvalue weighted by atomic mass is 10.1. The van der Waals surface area contributed by atoms with Gasteiger partial charge in [0.15, 0.2) is 5.82 Å². The second kappa shape index (κ2) is 6.40. The van der Waals surface area contributed by atoms with Crippen LogP contribution in [0.15, 0.2) is 18.2 Å². The summed E-state index contributed by atoms with van der Waals surface area (Å²) < 4.78 is 6.75. The predicted octanol–water partition coefficient (Wildman–Crippen LogP) is 1.02. The van der Waals surface area contributed by atoms with Gasteiger partial charge >= 0.3 is 0 Å². The van der Waals surface area contributed by atoms with Gasteiger partial charge in [0.1, 0.15) is 0 Å². The first-order valence-corrected chi connectivity index (χ1v) is 6.26. The molecule has 1 aromatic carbocycles. The molecule has 0 unspecified atom stereocenters. The van der Waals surface area contributed by atoms with Crippen molar-refractivity contribution < 1.29 is 4.74 Å². The molecule has 1 heterocycles. The third-order valence-electron chi connectivity index (χ3n) is 2.75. The number of hydrogen-bond donors (Lipinski definition) is 1. The number of nitrogens with zero attached hydrogens (tertiary/aromatic N) is 4. The molecule has 19 heavy (non-hydrogen) atoms. The van der Waals surface area contributed by atoms with Crippen LogP contribution in [0.2, 0.25) is 0 Å². The Morgan fingerprint density at radius 3 is 2.63 bits per heavy atom. The second-order valence-electron chi connectivity index (χ2n) is 4.52. The molecule has 0 fully saturated rings. The van der Waals surface area contributed by atoms with Gasteiger partial charge in [-0.2, -0.15) is 4.68 Å². The van der Waals surface area contributed by atoms with Gasteiger partial charge < -0.3 is 10.1 Å². The van der Waals surface area contributed by atoms with E-state index in [1.807, 2.05) is 0 Å². The van der Waals surface area contributed by atoms with Crippen LogP contribution in [0.3, 0.4) is 0 Å². The number of benzene rings is 1. The molecule has 1 aromatic heterocycles. The van der Waals surface area contributed by atoms with Crippen molar-refractivity contribution >= 4 is 0 Å². The van der Waals surface area contributed by atoms with E-state index in [1.54, 1.807) is 11.8 Å². The molecule has 0 bridgehead atoms. The van der Waals surface area contributed by atoms with Crippen molar-refractivity contribution in [3.8, 4) is 5.69 Å². The normalized spacial score (nSPS) is 10.9. The van der Waals surface area contributed by atoms with Crippen LogP contribution in [0.25, 0.3) is 5.69 Å². The Morgan fingerprint density at radius 2 is 1.95 bits per heavy atom. The molecule has 0 atom stereocenters. The zero-order valence-electron chi connectivity index (χ0n) is 11.6. The standard InChI is InChI=1S/C13H19N5O/c1-10-6-11(2)8-12(7-10)18-13(15-16-17-18)9-14-4-5-19-3/h6-8,14H,4-5,9H2,1-3H3. The Morgan fingerprint density at radius 1 is 1.21 bits per heavy atom. The summed E-state index contributed by atoms with van der Waals surface area (Å²) in [6, 6.07) is 6.27. The van der Waals surface area contributed by atoms with E-state index in [0.717, 1.165) is 18.1 Å². The first kappa shape index (κ1) is 13.6. The SMILES string of the molecule is COCCNCc1nnnn1-c1cc(C)cc(C)c1. The minimum atomic E-state index is 0.614. The van der Waals surface area contributed by atoms with Crippen LogP contribution in [0.5, 0.6) is 0 Å². The van der Waals surface area contributed by atoms with Gasteiger partial charge in [-0.3, -0.25) is 0 Å². The van der Waals surface area contributed by atoms with Gasteiger partial charge in [-0.05, 0) is 47.5 Å². The number of rotatable bonds is 6. The topological polar surface area (TPSA) is 64.9 Å². The number of ether oxygens (including phenoxy) is 1. The monoisotopic (exact) mass is 261 g/mol. The fraction of sp³-hybridized carbons (Fsp3) is 0.462. The maximum atomic E-state index is 4.99. The highest BCUT2D eigenvalue weighted by molar-refractivity contribution is 5.38. The van der Waals surface area contributed by atoms with Crippen LogP contribution < -0.4 is 5.32 Å². The Balaban J connectivity index is 2.14. The molecule has 0 aliphatic rings. The van der Waals surface area contributed by atoms with Crippen molar-refractivity contribution in [3.63, 3.8) is 0 Å². The van der Waals surface area contributed by atoms with Crippen molar-refractivity contribution in [2.75, 3.05) is 20.3 Å². The Kier molecular flexibility index (Phi) is 4.59. The summed E-state index contributed by atoms with van der Waals surface area (Å²) in [5, 5.41) is 15.1. The summed E-state index contributed by atoms with van der Waals surface area (Å²) >= 11 is 0. The molecule has 0 amide bonds. The summed E-state index contributed by atoms with van der Waals surface area (Å²) in [6.45, 7) is 6.19. The largest absolute Gasteiger partial charge is 0.383 e. The molecule has 6 heteroatoms. The fourth-order valence-corrected chi connectivity index (χ4v) is 1.96. The van der Waals surface area contributed by atoms with Gasteiger partial charge in [0, 0.05) is 13.7 Å². The van der Waals surface area contributed by atoms with Crippen molar-refractivity contribution in [2.45, 2.75) is 20.4 Å². The van der Waals surface area contributed by atoms with E-state index in [4.69, 9.17) is 4.74 Å². The van der Waals surface area contributed by atoms with E-state index < -0.39 is 0 Å². The Hall–Kier alpha value is -1.79. The summed E-state index contributed by atoms with van der Waals surface area (Å²) in [6.07, 6.45) is 0. The van der Waals surface area contributed by atoms with Crippen molar-refractivity contribution in [3.05, 3.63) is 35.2 Å². The summed E-state index contributed by atoms with van der Waals surface area (Å²) in [4.78, 5) is 0. The van der Waals surface area contributed by atoms with Gasteiger partial charge in [-0.15, -0.1) is 5.10 Å². The third kappa shape index (κ3) is 3.59. The molecule has 0 saturated carbocycles. The zero-order valence-corrected chi connectivity index (χ0v) is 11.6. The number of aryl methyl sites for hydroxylation is 2. The minimum absolute atomic E-state index is 0.614. The van der Waals surface area contributed by atoms with Crippen LogP contribution in [0, 0.1) is 13.8 Å². The van der Waals surface area contributed by atoms with Crippen molar-refractivity contribution in [1.29, 1.82) is 0 Å². The molecule has 6 nitrogen and oxygen atoms in total. The van der Waals surface area contributed by atoms with E-state index in [-0.39, 0.29) is 0 Å². The smallest absolute Gasteiger partial charge is 0.170 e. The maximum Gasteiger partial charge on any atom is 0.170 e. The van der Waals surface area contributed by atoms with Crippen LogP contribution >= 0.6 is 0 Å². The summed E-state index contributed by atoms with van der Waals surface area (Å²) in [5.41, 5.74) is 3.39. The number of aromatic nitrogens is 4. The van der Waals surface area contributed by atoms with Crippen molar-refractivity contribution in [1.82, 2.24) is 25.5 Å². The molecule has 1 N–H and O–H groups in total. The molecule has 0 saturated heterocycles. The quantitative estimate of drug-likeness (QED) is 0.786. The average molecular weight is 261 g/mol. The van der Waals surface area contributed by atoms with Crippen molar-refractivity contribution in [2.24, 2.45) is 0 Å². The lowest BCUT2D eigenvalue weighted by Crippen LogP contribution is -2.21. The molecule has 0 spiro atoms. The van der Waals surface area contributed by atoms with Gasteiger partial charge in [0.05, 0.1) is 18.8 Å². The zero-order chi connectivity index (χ0) is 13.7. The van der Waals surface area contributed by atoms with Crippen LogP contribution in [0.4, 0.5) is 0 Å². The average Bonchev–Trinajstić information content (AvgIpc) is 2.82. The lowest BCUT2D eigenvalue weighted by Gasteiger charge is -2.07.